The first-order valence-corrected chi connectivity index (χ1v) is 14.6. The third-order valence-electron chi connectivity index (χ3n) is 5.92. The molecule has 0 unspecified atom stereocenters. The molecule has 0 aliphatic heterocycles. The number of para-hydroxylation sites is 1. The van der Waals surface area contributed by atoms with E-state index < -0.39 is 7.60 Å². The number of hydrogen-bond donors (Lipinski definition) is 0. The summed E-state index contributed by atoms with van der Waals surface area (Å²) >= 11 is 0. The Bertz CT molecular complexity index is 1240. The van der Waals surface area contributed by atoms with Gasteiger partial charge in [-0.2, -0.15) is 5.26 Å². The van der Waals surface area contributed by atoms with Crippen molar-refractivity contribution in [2.75, 3.05) is 24.7 Å². The van der Waals surface area contributed by atoms with E-state index in [2.05, 4.69) is 73.3 Å². The Balaban J connectivity index is 1.77. The summed E-state index contributed by atoms with van der Waals surface area (Å²) in [5.41, 5.74) is 5.47. The molecular formula is C31H37N2O3P. The Hall–Kier alpha value is -3.16. The van der Waals surface area contributed by atoms with E-state index in [0.29, 0.717) is 24.7 Å². The molecule has 0 aliphatic rings. The van der Waals surface area contributed by atoms with Crippen LogP contribution in [0.4, 0.5) is 11.4 Å². The van der Waals surface area contributed by atoms with E-state index in [4.69, 9.17) is 9.05 Å². The van der Waals surface area contributed by atoms with Crippen LogP contribution in [0, 0.1) is 17.2 Å². The first kappa shape index (κ1) is 28.4. The predicted octanol–water partition coefficient (Wildman–Crippen LogP) is 8.68. The van der Waals surface area contributed by atoms with Gasteiger partial charge in [0.15, 0.2) is 0 Å². The van der Waals surface area contributed by atoms with Gasteiger partial charge in [-0.25, -0.2) is 0 Å². The van der Waals surface area contributed by atoms with Gasteiger partial charge >= 0.3 is 7.60 Å². The van der Waals surface area contributed by atoms with Crippen LogP contribution < -0.4 is 4.90 Å². The number of rotatable bonds is 13. The van der Waals surface area contributed by atoms with Crippen molar-refractivity contribution in [3.8, 4) is 6.07 Å². The Morgan fingerprint density at radius 1 is 0.919 bits per heavy atom. The highest BCUT2D eigenvalue weighted by Crippen LogP contribution is 2.51. The molecule has 0 spiro atoms. The maximum absolute atomic E-state index is 12.9. The van der Waals surface area contributed by atoms with Crippen LogP contribution in [0.15, 0.2) is 72.8 Å². The molecule has 0 N–H and O–H groups in total. The maximum atomic E-state index is 12.9. The quantitative estimate of drug-likeness (QED) is 0.168. The van der Waals surface area contributed by atoms with Gasteiger partial charge in [0.1, 0.15) is 0 Å². The summed E-state index contributed by atoms with van der Waals surface area (Å²) in [6, 6.07) is 26.7. The molecule has 6 heteroatoms. The second-order valence-electron chi connectivity index (χ2n) is 9.23. The third kappa shape index (κ3) is 8.44. The van der Waals surface area contributed by atoms with E-state index in [1.807, 2.05) is 30.4 Å². The van der Waals surface area contributed by atoms with Crippen LogP contribution in [0.3, 0.4) is 0 Å². The summed E-state index contributed by atoms with van der Waals surface area (Å²) < 4.78 is 23.7. The molecule has 37 heavy (non-hydrogen) atoms. The van der Waals surface area contributed by atoms with E-state index in [1.54, 1.807) is 19.9 Å². The zero-order valence-corrected chi connectivity index (χ0v) is 23.2. The summed E-state index contributed by atoms with van der Waals surface area (Å²) in [6.45, 7) is 9.64. The second-order valence-corrected chi connectivity index (χ2v) is 11.3. The Morgan fingerprint density at radius 3 is 2.16 bits per heavy atom. The summed E-state index contributed by atoms with van der Waals surface area (Å²) in [6.07, 6.45) is 5.19. The van der Waals surface area contributed by atoms with E-state index >= 15 is 0 Å². The molecular weight excluding hydrogens is 479 g/mol. The minimum atomic E-state index is -3.23. The van der Waals surface area contributed by atoms with Crippen molar-refractivity contribution in [3.63, 3.8) is 0 Å². The molecule has 0 amide bonds. The lowest BCUT2D eigenvalue weighted by atomic mass is 10.0. The maximum Gasteiger partial charge on any atom is 0.335 e. The minimum Gasteiger partial charge on any atom is -0.341 e. The first-order chi connectivity index (χ1) is 17.9. The minimum absolute atomic E-state index is 0.142. The zero-order chi connectivity index (χ0) is 26.7. The molecule has 0 saturated carbocycles. The SMILES string of the molecule is CCOP(=O)(Cc1ccc(/C=C/c2ccc(N(CCC(C)C)c3ccccc3)cc2)c(C#N)c1)OCC. The van der Waals surface area contributed by atoms with Crippen LogP contribution >= 0.6 is 7.60 Å². The molecule has 3 rings (SSSR count). The van der Waals surface area contributed by atoms with Gasteiger partial charge in [0.05, 0.1) is 31.0 Å². The Kier molecular flexibility index (Phi) is 10.7. The van der Waals surface area contributed by atoms with E-state index in [0.717, 1.165) is 35.3 Å². The molecule has 0 aromatic heterocycles. The average Bonchev–Trinajstić information content (AvgIpc) is 2.89. The Morgan fingerprint density at radius 2 is 1.57 bits per heavy atom. The number of benzene rings is 3. The van der Waals surface area contributed by atoms with Crippen LogP contribution in [0.25, 0.3) is 12.2 Å². The highest BCUT2D eigenvalue weighted by molar-refractivity contribution is 7.53. The lowest BCUT2D eigenvalue weighted by Crippen LogP contribution is -2.19. The van der Waals surface area contributed by atoms with Crippen LogP contribution in [-0.2, 0) is 19.8 Å². The third-order valence-corrected chi connectivity index (χ3v) is 7.98. The van der Waals surface area contributed by atoms with Gasteiger partial charge < -0.3 is 13.9 Å². The molecule has 0 heterocycles. The van der Waals surface area contributed by atoms with Gasteiger partial charge in [-0.05, 0) is 73.2 Å². The van der Waals surface area contributed by atoms with Crippen molar-refractivity contribution in [3.05, 3.63) is 95.1 Å². The molecule has 0 fully saturated rings. The van der Waals surface area contributed by atoms with Gasteiger partial charge in [0.25, 0.3) is 0 Å². The molecule has 0 bridgehead atoms. The molecule has 5 nitrogen and oxygen atoms in total. The van der Waals surface area contributed by atoms with Crippen molar-refractivity contribution < 1.29 is 13.6 Å². The summed E-state index contributed by atoms with van der Waals surface area (Å²) in [5, 5.41) is 9.72. The molecule has 0 radical (unpaired) electrons. The fourth-order valence-electron chi connectivity index (χ4n) is 4.04. The van der Waals surface area contributed by atoms with Gasteiger partial charge in [-0.3, -0.25) is 4.57 Å². The zero-order valence-electron chi connectivity index (χ0n) is 22.3. The van der Waals surface area contributed by atoms with Crippen molar-refractivity contribution >= 4 is 31.1 Å². The highest BCUT2D eigenvalue weighted by Gasteiger charge is 2.24. The molecule has 3 aromatic rings. The number of nitriles is 1. The van der Waals surface area contributed by atoms with E-state index in [1.165, 1.54) is 5.69 Å². The molecule has 194 valence electrons. The highest BCUT2D eigenvalue weighted by atomic mass is 31.2. The monoisotopic (exact) mass is 516 g/mol. The summed E-state index contributed by atoms with van der Waals surface area (Å²) in [4.78, 5) is 2.35. The van der Waals surface area contributed by atoms with Crippen molar-refractivity contribution in [1.29, 1.82) is 5.26 Å². The van der Waals surface area contributed by atoms with Crippen LogP contribution in [0.1, 0.15) is 56.4 Å². The smallest absolute Gasteiger partial charge is 0.335 e. The molecule has 0 atom stereocenters. The standard InChI is InChI=1S/C31H37N2O3P/c1-5-35-37(34,36-6-2)24-27-13-17-28(29(22-27)23-32)16-12-26-14-18-31(19-15-26)33(21-20-25(3)4)30-10-8-7-9-11-30/h7-19,22,25H,5-6,20-21,24H2,1-4H3/b16-12+. The number of anilines is 2. The lowest BCUT2D eigenvalue weighted by Gasteiger charge is -2.26. The molecule has 0 saturated heterocycles. The van der Waals surface area contributed by atoms with Gasteiger partial charge in [-0.1, -0.05) is 68.5 Å². The molecule has 3 aromatic carbocycles. The van der Waals surface area contributed by atoms with Crippen molar-refractivity contribution in [2.24, 2.45) is 5.92 Å². The summed E-state index contributed by atoms with van der Waals surface area (Å²) in [5.74, 6) is 0.624. The largest absolute Gasteiger partial charge is 0.341 e. The number of nitrogens with zero attached hydrogens (tertiary/aromatic N) is 2. The Labute approximate surface area is 221 Å². The fraction of sp³-hybridized carbons (Fsp3) is 0.323. The van der Waals surface area contributed by atoms with Gasteiger partial charge in [0, 0.05) is 17.9 Å². The molecule has 0 aliphatic carbocycles. The van der Waals surface area contributed by atoms with Gasteiger partial charge in [-0.15, -0.1) is 0 Å². The van der Waals surface area contributed by atoms with Gasteiger partial charge in [0.2, 0.25) is 0 Å². The second kappa shape index (κ2) is 14.0. The number of hydrogen-bond acceptors (Lipinski definition) is 5. The normalized spacial score (nSPS) is 11.7. The van der Waals surface area contributed by atoms with E-state index in [-0.39, 0.29) is 6.16 Å². The fourth-order valence-corrected chi connectivity index (χ4v) is 5.73. The summed E-state index contributed by atoms with van der Waals surface area (Å²) in [7, 11) is -3.23. The van der Waals surface area contributed by atoms with E-state index in [9.17, 15) is 9.83 Å². The lowest BCUT2D eigenvalue weighted by molar-refractivity contribution is 0.219. The van der Waals surface area contributed by atoms with Crippen LogP contribution in [0.5, 0.6) is 0 Å². The van der Waals surface area contributed by atoms with Crippen LogP contribution in [-0.4, -0.2) is 19.8 Å². The van der Waals surface area contributed by atoms with Crippen molar-refractivity contribution in [1.82, 2.24) is 0 Å². The average molecular weight is 517 g/mol. The predicted molar refractivity (Wildman–Crippen MR) is 154 cm³/mol. The van der Waals surface area contributed by atoms with Crippen molar-refractivity contribution in [2.45, 2.75) is 40.3 Å². The topological polar surface area (TPSA) is 62.6 Å². The van der Waals surface area contributed by atoms with Crippen LogP contribution in [0.2, 0.25) is 0 Å². The first-order valence-electron chi connectivity index (χ1n) is 12.9.